The maximum atomic E-state index is 12.9. The highest BCUT2D eigenvalue weighted by molar-refractivity contribution is 6.08. The van der Waals surface area contributed by atoms with E-state index in [1.807, 2.05) is 38.1 Å². The SMILES string of the molecule is COc1ccc(OC(F)(F)F)cc1NC(=O)Nc1ccc(Oc2cc(C)nc(NCCN(C)C)n2)c2ccccc12. The summed E-state index contributed by atoms with van der Waals surface area (Å²) in [5.41, 5.74) is 1.16. The molecule has 3 N–H and O–H groups in total. The number of aromatic nitrogens is 2. The number of likely N-dealkylation sites (N-methyl/N-ethyl adjacent to an activating group) is 1. The first-order chi connectivity index (χ1) is 19.5. The topological polar surface area (TPSA) is 110 Å². The summed E-state index contributed by atoms with van der Waals surface area (Å²) < 4.78 is 53.2. The number of halogens is 3. The number of aryl methyl sites for hydroxylation is 1. The smallest absolute Gasteiger partial charge is 0.495 e. The molecule has 0 fully saturated rings. The molecule has 0 atom stereocenters. The van der Waals surface area contributed by atoms with Crippen LogP contribution in [0.15, 0.2) is 60.7 Å². The first kappa shape index (κ1) is 29.2. The fourth-order valence-corrected chi connectivity index (χ4v) is 3.90. The van der Waals surface area contributed by atoms with Gasteiger partial charge < -0.3 is 35.1 Å². The Morgan fingerprint density at radius 2 is 1.63 bits per heavy atom. The second-order valence-electron chi connectivity index (χ2n) is 9.15. The van der Waals surface area contributed by atoms with Gasteiger partial charge in [-0.25, -0.2) is 9.78 Å². The van der Waals surface area contributed by atoms with Crippen LogP contribution in [0.25, 0.3) is 10.8 Å². The Labute approximate surface area is 234 Å². The number of alkyl halides is 3. The number of hydrogen-bond donors (Lipinski definition) is 3. The molecule has 0 aliphatic rings. The van der Waals surface area contributed by atoms with Crippen LogP contribution >= 0.6 is 0 Å². The van der Waals surface area contributed by atoms with Crippen LogP contribution in [0.4, 0.5) is 35.3 Å². The molecule has 0 aliphatic carbocycles. The van der Waals surface area contributed by atoms with E-state index in [0.717, 1.165) is 24.4 Å². The number of rotatable bonds is 10. The maximum absolute atomic E-state index is 12.9. The quantitative estimate of drug-likeness (QED) is 0.205. The van der Waals surface area contributed by atoms with Crippen LogP contribution in [0.2, 0.25) is 0 Å². The fourth-order valence-electron chi connectivity index (χ4n) is 3.90. The lowest BCUT2D eigenvalue weighted by Gasteiger charge is -2.16. The molecule has 10 nitrogen and oxygen atoms in total. The van der Waals surface area contributed by atoms with Crippen molar-refractivity contribution in [3.05, 3.63) is 66.4 Å². The van der Waals surface area contributed by atoms with E-state index in [2.05, 4.69) is 30.7 Å². The molecule has 2 amide bonds. The number of hydrogen-bond acceptors (Lipinski definition) is 8. The molecule has 0 spiro atoms. The summed E-state index contributed by atoms with van der Waals surface area (Å²) >= 11 is 0. The van der Waals surface area contributed by atoms with Gasteiger partial charge in [0, 0.05) is 41.7 Å². The number of nitrogens with zero attached hydrogens (tertiary/aromatic N) is 3. The molecule has 0 saturated carbocycles. The summed E-state index contributed by atoms with van der Waals surface area (Å²) in [6.07, 6.45) is -4.88. The highest BCUT2D eigenvalue weighted by Gasteiger charge is 2.31. The lowest BCUT2D eigenvalue weighted by Crippen LogP contribution is -2.21. The Hall–Kier alpha value is -4.78. The Balaban J connectivity index is 1.54. The van der Waals surface area contributed by atoms with Crippen molar-refractivity contribution in [2.24, 2.45) is 0 Å². The summed E-state index contributed by atoms with van der Waals surface area (Å²) in [7, 11) is 5.28. The van der Waals surface area contributed by atoms with Gasteiger partial charge in [-0.05, 0) is 45.3 Å². The lowest BCUT2D eigenvalue weighted by atomic mass is 10.1. The molecule has 0 unspecified atom stereocenters. The average Bonchev–Trinajstić information content (AvgIpc) is 2.89. The predicted octanol–water partition coefficient (Wildman–Crippen LogP) is 6.26. The number of benzene rings is 3. The highest BCUT2D eigenvalue weighted by atomic mass is 19.4. The van der Waals surface area contributed by atoms with E-state index in [4.69, 9.17) is 9.47 Å². The van der Waals surface area contributed by atoms with Crippen LogP contribution < -0.4 is 30.2 Å². The van der Waals surface area contributed by atoms with Crippen molar-refractivity contribution in [2.45, 2.75) is 13.3 Å². The van der Waals surface area contributed by atoms with E-state index in [9.17, 15) is 18.0 Å². The second-order valence-corrected chi connectivity index (χ2v) is 9.15. The lowest BCUT2D eigenvalue weighted by molar-refractivity contribution is -0.274. The number of ether oxygens (including phenoxy) is 3. The summed E-state index contributed by atoms with van der Waals surface area (Å²) in [5.74, 6) is 0.945. The van der Waals surface area contributed by atoms with Gasteiger partial charge in [0.15, 0.2) is 0 Å². The molecular formula is C28H29F3N6O4. The van der Waals surface area contributed by atoms with E-state index in [1.54, 1.807) is 30.3 Å². The Morgan fingerprint density at radius 3 is 2.34 bits per heavy atom. The molecule has 4 rings (SSSR count). The van der Waals surface area contributed by atoms with Crippen molar-refractivity contribution in [3.63, 3.8) is 0 Å². The van der Waals surface area contributed by atoms with E-state index in [0.29, 0.717) is 40.6 Å². The minimum Gasteiger partial charge on any atom is -0.495 e. The summed E-state index contributed by atoms with van der Waals surface area (Å²) in [5, 5.41) is 9.78. The Kier molecular flexibility index (Phi) is 8.97. The van der Waals surface area contributed by atoms with Gasteiger partial charge >= 0.3 is 12.4 Å². The summed E-state index contributed by atoms with van der Waals surface area (Å²) in [6, 6.07) is 15.0. The first-order valence-electron chi connectivity index (χ1n) is 12.5. The van der Waals surface area contributed by atoms with Crippen molar-refractivity contribution >= 4 is 34.1 Å². The number of anilines is 3. The predicted molar refractivity (Wildman–Crippen MR) is 150 cm³/mol. The van der Waals surface area contributed by atoms with Crippen LogP contribution in [0.3, 0.4) is 0 Å². The first-order valence-corrected chi connectivity index (χ1v) is 12.5. The van der Waals surface area contributed by atoms with Gasteiger partial charge in [0.1, 0.15) is 17.2 Å². The molecule has 3 aromatic carbocycles. The zero-order chi connectivity index (χ0) is 29.6. The molecule has 0 bridgehead atoms. The van der Waals surface area contributed by atoms with Gasteiger partial charge in [0.25, 0.3) is 0 Å². The van der Waals surface area contributed by atoms with Crippen molar-refractivity contribution in [1.82, 2.24) is 14.9 Å². The molecular weight excluding hydrogens is 541 g/mol. The number of methoxy groups -OCH3 is 1. The molecule has 0 radical (unpaired) electrons. The van der Waals surface area contributed by atoms with Gasteiger partial charge in [0.05, 0.1) is 18.5 Å². The van der Waals surface area contributed by atoms with Gasteiger partial charge in [-0.15, -0.1) is 13.2 Å². The van der Waals surface area contributed by atoms with Crippen LogP contribution in [-0.4, -0.2) is 61.6 Å². The molecule has 4 aromatic rings. The Bertz CT molecular complexity index is 1530. The minimum atomic E-state index is -4.88. The molecule has 1 aromatic heterocycles. The Morgan fingerprint density at radius 1 is 0.927 bits per heavy atom. The standard InChI is InChI=1S/C28H29F3N6O4/c1-17-15-25(36-26(33-17)32-13-14-37(2)3)40-23-12-10-21(19-7-5-6-8-20(19)23)34-27(38)35-22-16-18(41-28(29,30)31)9-11-24(22)39-4/h5-12,15-16H,13-14H2,1-4H3,(H,32,33,36)(H2,34,35,38). The van der Waals surface area contributed by atoms with Crippen molar-refractivity contribution in [3.8, 4) is 23.1 Å². The number of carbonyl (C=O) groups is 1. The second kappa shape index (κ2) is 12.6. The van der Waals surface area contributed by atoms with Crippen LogP contribution in [-0.2, 0) is 0 Å². The molecule has 216 valence electrons. The fraction of sp³-hybridized carbons (Fsp3) is 0.250. The molecule has 13 heteroatoms. The highest BCUT2D eigenvalue weighted by Crippen LogP contribution is 2.35. The van der Waals surface area contributed by atoms with Crippen molar-refractivity contribution in [2.75, 3.05) is 50.2 Å². The summed E-state index contributed by atoms with van der Waals surface area (Å²) in [4.78, 5) is 23.8. The zero-order valence-corrected chi connectivity index (χ0v) is 22.8. The largest absolute Gasteiger partial charge is 0.573 e. The monoisotopic (exact) mass is 570 g/mol. The number of nitrogens with one attached hydrogen (secondary N) is 3. The van der Waals surface area contributed by atoms with E-state index in [-0.39, 0.29) is 11.4 Å². The summed E-state index contributed by atoms with van der Waals surface area (Å²) in [6.45, 7) is 3.31. The number of carbonyl (C=O) groups excluding carboxylic acids is 1. The van der Waals surface area contributed by atoms with Gasteiger partial charge in [-0.3, -0.25) is 0 Å². The number of fused-ring (bicyclic) bond motifs is 1. The van der Waals surface area contributed by atoms with E-state index < -0.39 is 18.1 Å². The maximum Gasteiger partial charge on any atom is 0.573 e. The van der Waals surface area contributed by atoms with Gasteiger partial charge in [-0.2, -0.15) is 4.98 Å². The van der Waals surface area contributed by atoms with Crippen LogP contribution in [0, 0.1) is 6.92 Å². The van der Waals surface area contributed by atoms with Crippen LogP contribution in [0.5, 0.6) is 23.1 Å². The number of amides is 2. The molecule has 41 heavy (non-hydrogen) atoms. The molecule has 0 aliphatic heterocycles. The van der Waals surface area contributed by atoms with Crippen molar-refractivity contribution < 1.29 is 32.2 Å². The van der Waals surface area contributed by atoms with Crippen LogP contribution in [0.1, 0.15) is 5.69 Å². The zero-order valence-electron chi connectivity index (χ0n) is 22.8. The van der Waals surface area contributed by atoms with Gasteiger partial charge in [0.2, 0.25) is 11.8 Å². The third-order valence-corrected chi connectivity index (χ3v) is 5.67. The third kappa shape index (κ3) is 8.11. The average molecular weight is 571 g/mol. The van der Waals surface area contributed by atoms with Gasteiger partial charge in [-0.1, -0.05) is 24.3 Å². The normalized spacial score (nSPS) is 11.3. The van der Waals surface area contributed by atoms with Crippen molar-refractivity contribution in [1.29, 1.82) is 0 Å². The number of urea groups is 1. The third-order valence-electron chi connectivity index (χ3n) is 5.67. The van der Waals surface area contributed by atoms with E-state index >= 15 is 0 Å². The minimum absolute atomic E-state index is 0.00913. The molecule has 0 saturated heterocycles. The van der Waals surface area contributed by atoms with E-state index in [1.165, 1.54) is 13.2 Å². The molecule has 1 heterocycles.